The third-order valence-electron chi connectivity index (χ3n) is 7.72. The van der Waals surface area contributed by atoms with Crippen molar-refractivity contribution in [3.63, 3.8) is 0 Å². The normalized spacial score (nSPS) is 19.7. The highest BCUT2D eigenvalue weighted by Gasteiger charge is 2.56. The highest BCUT2D eigenvalue weighted by Crippen LogP contribution is 2.54. The molecule has 0 unspecified atom stereocenters. The van der Waals surface area contributed by atoms with Crippen LogP contribution in [0.1, 0.15) is 42.7 Å². The van der Waals surface area contributed by atoms with E-state index in [0.29, 0.717) is 26.3 Å². The summed E-state index contributed by atoms with van der Waals surface area (Å²) < 4.78 is 1.38. The number of carbonyl (C=O) groups is 3. The van der Waals surface area contributed by atoms with Crippen molar-refractivity contribution in [2.24, 2.45) is 5.92 Å². The van der Waals surface area contributed by atoms with Crippen molar-refractivity contribution in [2.45, 2.75) is 48.9 Å². The van der Waals surface area contributed by atoms with E-state index in [1.807, 2.05) is 24.3 Å². The number of phenols is 1. The summed E-state index contributed by atoms with van der Waals surface area (Å²) in [6.45, 7) is 6.08. The first-order valence-electron chi connectivity index (χ1n) is 13.7. The van der Waals surface area contributed by atoms with Gasteiger partial charge < -0.3 is 10.4 Å². The van der Waals surface area contributed by atoms with E-state index in [4.69, 9.17) is 11.6 Å². The molecule has 3 heterocycles. The molecule has 2 N–H and O–H groups in total. The topological polar surface area (TPSA) is 109 Å². The van der Waals surface area contributed by atoms with Crippen molar-refractivity contribution in [2.75, 3.05) is 10.2 Å². The Morgan fingerprint density at radius 1 is 0.930 bits per heavy atom. The summed E-state index contributed by atoms with van der Waals surface area (Å²) in [6.07, 6.45) is 0. The second kappa shape index (κ2) is 11.0. The van der Waals surface area contributed by atoms with Gasteiger partial charge in [0.05, 0.1) is 16.6 Å². The fraction of sp³-hybridized carbons (Fsp3) is 0.250. The van der Waals surface area contributed by atoms with Crippen LogP contribution in [0.25, 0.3) is 0 Å². The fourth-order valence-corrected chi connectivity index (χ4v) is 8.44. The van der Waals surface area contributed by atoms with Gasteiger partial charge in [-0.25, -0.2) is 4.90 Å². The standard InChI is InChI=1S/C32H28ClN3O5S2/c1-32(2,3)18-6-4-17(5-7-18)24-25-26(29(40)36(28(25)39)21-12-8-19(33)9-13-21)42-30-27(24)43-31(41)35(30)16-23(38)34-20-10-14-22(37)15-11-20/h4-15,24-26,37H,16H2,1-3H3,(H,34,38)/t24-,25-,26+/m0/s1. The molecule has 0 radical (unpaired) electrons. The third kappa shape index (κ3) is 5.39. The molecule has 3 aromatic carbocycles. The molecule has 1 fully saturated rings. The molecule has 0 spiro atoms. The summed E-state index contributed by atoms with van der Waals surface area (Å²) in [5.41, 5.74) is 2.76. The number of anilines is 2. The van der Waals surface area contributed by atoms with E-state index in [2.05, 4.69) is 26.1 Å². The predicted octanol–water partition coefficient (Wildman–Crippen LogP) is 6.00. The number of nitrogens with one attached hydrogen (secondary N) is 1. The number of thioether (sulfide) groups is 1. The van der Waals surface area contributed by atoms with E-state index in [1.165, 1.54) is 33.4 Å². The molecule has 220 valence electrons. The zero-order valence-electron chi connectivity index (χ0n) is 23.5. The molecule has 8 nitrogen and oxygen atoms in total. The highest BCUT2D eigenvalue weighted by atomic mass is 35.5. The largest absolute Gasteiger partial charge is 0.508 e. The number of imide groups is 1. The average molecular weight is 634 g/mol. The predicted molar refractivity (Wildman–Crippen MR) is 169 cm³/mol. The summed E-state index contributed by atoms with van der Waals surface area (Å²) in [6, 6.07) is 20.6. The van der Waals surface area contributed by atoms with E-state index in [9.17, 15) is 24.3 Å². The van der Waals surface area contributed by atoms with Crippen molar-refractivity contribution in [3.05, 3.63) is 103 Å². The van der Waals surface area contributed by atoms with Gasteiger partial charge >= 0.3 is 4.87 Å². The summed E-state index contributed by atoms with van der Waals surface area (Å²) in [5.74, 6) is -2.36. The van der Waals surface area contributed by atoms with Gasteiger partial charge in [0.1, 0.15) is 17.5 Å². The van der Waals surface area contributed by atoms with E-state index in [0.717, 1.165) is 22.5 Å². The van der Waals surface area contributed by atoms with Crippen LogP contribution in [0.3, 0.4) is 0 Å². The molecule has 1 aromatic heterocycles. The Hall–Kier alpha value is -3.86. The second-order valence-corrected chi connectivity index (χ2v) is 14.2. The van der Waals surface area contributed by atoms with E-state index < -0.39 is 23.0 Å². The minimum Gasteiger partial charge on any atom is -0.508 e. The van der Waals surface area contributed by atoms with Gasteiger partial charge in [-0.1, -0.05) is 79.7 Å². The first kappa shape index (κ1) is 29.2. The van der Waals surface area contributed by atoms with E-state index in [-0.39, 0.29) is 34.4 Å². The van der Waals surface area contributed by atoms with Crippen LogP contribution in [0.5, 0.6) is 5.75 Å². The van der Waals surface area contributed by atoms with Gasteiger partial charge in [-0.3, -0.25) is 23.7 Å². The molecule has 43 heavy (non-hydrogen) atoms. The zero-order valence-corrected chi connectivity index (χ0v) is 25.9. The van der Waals surface area contributed by atoms with Gasteiger partial charge in [0.25, 0.3) is 0 Å². The van der Waals surface area contributed by atoms with Gasteiger partial charge in [-0.15, -0.1) is 0 Å². The number of amides is 3. The van der Waals surface area contributed by atoms with Crippen molar-refractivity contribution >= 4 is 63.8 Å². The minimum atomic E-state index is -0.789. The van der Waals surface area contributed by atoms with Crippen LogP contribution < -0.4 is 15.1 Å². The number of fused-ring (bicyclic) bond motifs is 2. The lowest BCUT2D eigenvalue weighted by Gasteiger charge is -2.31. The Balaban J connectivity index is 1.41. The molecule has 6 rings (SSSR count). The number of phenolic OH excluding ortho intramolecular Hbond substituents is 1. The molecular formula is C32H28ClN3O5S2. The second-order valence-electron chi connectivity index (χ2n) is 11.6. The van der Waals surface area contributed by atoms with Gasteiger partial charge in [-0.2, -0.15) is 0 Å². The number of thiazole rings is 1. The average Bonchev–Trinajstić information content (AvgIpc) is 3.40. The maximum absolute atomic E-state index is 14.0. The minimum absolute atomic E-state index is 0.0667. The molecule has 2 aliphatic heterocycles. The highest BCUT2D eigenvalue weighted by molar-refractivity contribution is 8.00. The fourth-order valence-electron chi connectivity index (χ4n) is 5.54. The summed E-state index contributed by atoms with van der Waals surface area (Å²) >= 11 is 8.24. The number of halogens is 1. The van der Waals surface area contributed by atoms with Crippen molar-refractivity contribution in [1.29, 1.82) is 0 Å². The molecule has 2 aliphatic rings. The van der Waals surface area contributed by atoms with Crippen molar-refractivity contribution in [1.82, 2.24) is 4.57 Å². The lowest BCUT2D eigenvalue weighted by atomic mass is 9.81. The Labute approximate surface area is 261 Å². The van der Waals surface area contributed by atoms with Crippen LogP contribution in [0.4, 0.5) is 11.4 Å². The van der Waals surface area contributed by atoms with Crippen molar-refractivity contribution in [3.8, 4) is 5.75 Å². The SMILES string of the molecule is CC(C)(C)c1ccc([C@@H]2c3sc(=O)n(CC(=O)Nc4ccc(O)cc4)c3S[C@H]3C(=O)N(c4ccc(Cl)cc4)C(=O)[C@@H]23)cc1. The maximum Gasteiger partial charge on any atom is 0.308 e. The zero-order chi connectivity index (χ0) is 30.6. The number of benzene rings is 3. The lowest BCUT2D eigenvalue weighted by molar-refractivity contribution is -0.122. The lowest BCUT2D eigenvalue weighted by Crippen LogP contribution is -2.33. The number of carbonyl (C=O) groups excluding carboxylic acids is 3. The Morgan fingerprint density at radius 3 is 2.21 bits per heavy atom. The number of aromatic hydroxyl groups is 1. The molecule has 11 heteroatoms. The third-order valence-corrected chi connectivity index (χ3v) is 10.6. The molecule has 0 saturated carbocycles. The number of aromatic nitrogens is 1. The maximum atomic E-state index is 14.0. The van der Waals surface area contributed by atoms with Crippen molar-refractivity contribution < 1.29 is 19.5 Å². The van der Waals surface area contributed by atoms with Crippen LogP contribution in [0, 0.1) is 5.92 Å². The van der Waals surface area contributed by atoms with Crippen LogP contribution in [-0.2, 0) is 26.3 Å². The monoisotopic (exact) mass is 633 g/mol. The molecule has 1 saturated heterocycles. The Bertz CT molecular complexity index is 1790. The number of hydrogen-bond acceptors (Lipinski definition) is 7. The quantitative estimate of drug-likeness (QED) is 0.206. The Morgan fingerprint density at radius 2 is 1.58 bits per heavy atom. The van der Waals surface area contributed by atoms with Gasteiger partial charge in [0.15, 0.2) is 0 Å². The smallest absolute Gasteiger partial charge is 0.308 e. The van der Waals surface area contributed by atoms with Crippen LogP contribution >= 0.6 is 34.7 Å². The van der Waals surface area contributed by atoms with E-state index in [1.54, 1.807) is 36.4 Å². The van der Waals surface area contributed by atoms with Gasteiger partial charge in [0, 0.05) is 21.5 Å². The number of nitrogens with zero attached hydrogens (tertiary/aromatic N) is 2. The molecule has 4 aromatic rings. The summed E-state index contributed by atoms with van der Waals surface area (Å²) in [4.78, 5) is 55.8. The molecular weight excluding hydrogens is 606 g/mol. The Kier molecular flexibility index (Phi) is 7.48. The van der Waals surface area contributed by atoms with Crippen LogP contribution in [-0.4, -0.2) is 32.6 Å². The first-order chi connectivity index (χ1) is 20.4. The summed E-state index contributed by atoms with van der Waals surface area (Å²) in [7, 11) is 0. The summed E-state index contributed by atoms with van der Waals surface area (Å²) in [5, 5.41) is 12.5. The molecule has 3 amide bonds. The molecule has 3 atom stereocenters. The van der Waals surface area contributed by atoms with E-state index >= 15 is 0 Å². The first-order valence-corrected chi connectivity index (χ1v) is 15.7. The molecule has 0 aliphatic carbocycles. The van der Waals surface area contributed by atoms with Crippen LogP contribution in [0.2, 0.25) is 5.02 Å². The molecule has 0 bridgehead atoms. The van der Waals surface area contributed by atoms with Gasteiger partial charge in [0.2, 0.25) is 17.7 Å². The van der Waals surface area contributed by atoms with Crippen LogP contribution in [0.15, 0.2) is 82.6 Å². The number of hydrogen-bond donors (Lipinski definition) is 2. The van der Waals surface area contributed by atoms with Gasteiger partial charge in [-0.05, 0) is 65.1 Å². The number of rotatable bonds is 5.